The van der Waals surface area contributed by atoms with Gasteiger partial charge in [0.05, 0.1) is 28.0 Å². The van der Waals surface area contributed by atoms with E-state index in [9.17, 15) is 29.8 Å². The number of aryl methyl sites for hydroxylation is 1. The third kappa shape index (κ3) is 9.62. The number of rotatable bonds is 12. The number of nitro groups is 2. The lowest BCUT2D eigenvalue weighted by Crippen LogP contribution is -2.25. The third-order valence-corrected chi connectivity index (χ3v) is 5.35. The highest BCUT2D eigenvalue weighted by Gasteiger charge is 2.10. The second-order valence-electron chi connectivity index (χ2n) is 7.49. The van der Waals surface area contributed by atoms with Gasteiger partial charge in [-0.05, 0) is 42.3 Å². The molecule has 200 valence electrons. The number of hydrogen-bond donors (Lipinski definition) is 2. The summed E-state index contributed by atoms with van der Waals surface area (Å²) in [6, 6.07) is 12.8. The Balaban J connectivity index is 1.43. The van der Waals surface area contributed by atoms with E-state index < -0.39 is 28.3 Å². The number of ether oxygens (including phenoxy) is 1. The fourth-order valence-electron chi connectivity index (χ4n) is 2.71. The third-order valence-electron chi connectivity index (χ3n) is 4.51. The molecule has 2 amide bonds. The zero-order chi connectivity index (χ0) is 28.2. The predicted molar refractivity (Wildman–Crippen MR) is 141 cm³/mol. The van der Waals surface area contributed by atoms with E-state index in [0.29, 0.717) is 16.8 Å². The minimum Gasteiger partial charge on any atom is -0.467 e. The fourth-order valence-corrected chi connectivity index (χ4v) is 3.40. The molecule has 0 saturated heterocycles. The molecular formula is C23H20N8O7S. The lowest BCUT2D eigenvalue weighted by Gasteiger charge is -2.07. The van der Waals surface area contributed by atoms with E-state index in [2.05, 4.69) is 31.0 Å². The van der Waals surface area contributed by atoms with Gasteiger partial charge in [-0.1, -0.05) is 11.8 Å². The predicted octanol–water partition coefficient (Wildman–Crippen LogP) is 2.37. The summed E-state index contributed by atoms with van der Waals surface area (Å²) < 4.78 is 5.39. The first kappa shape index (κ1) is 28.3. The van der Waals surface area contributed by atoms with Crippen LogP contribution in [0.25, 0.3) is 0 Å². The topological polar surface area (TPSA) is 204 Å². The van der Waals surface area contributed by atoms with Crippen LogP contribution in [-0.2, 0) is 9.59 Å². The average molecular weight is 553 g/mol. The van der Waals surface area contributed by atoms with Gasteiger partial charge in [-0.15, -0.1) is 0 Å². The maximum absolute atomic E-state index is 12.1. The van der Waals surface area contributed by atoms with E-state index in [1.54, 1.807) is 6.92 Å². The summed E-state index contributed by atoms with van der Waals surface area (Å²) in [5.74, 6) is -0.936. The summed E-state index contributed by atoms with van der Waals surface area (Å²) in [5, 5.41) is 29.2. The van der Waals surface area contributed by atoms with Gasteiger partial charge >= 0.3 is 0 Å². The molecule has 2 aromatic carbocycles. The first-order valence-electron chi connectivity index (χ1n) is 10.9. The summed E-state index contributed by atoms with van der Waals surface area (Å²) in [5.41, 5.74) is 6.17. The molecule has 15 nitrogen and oxygen atoms in total. The van der Waals surface area contributed by atoms with Crippen LogP contribution in [0.1, 0.15) is 16.8 Å². The number of hydrogen-bond acceptors (Lipinski definition) is 12. The highest BCUT2D eigenvalue weighted by Crippen LogP contribution is 2.18. The van der Waals surface area contributed by atoms with Crippen LogP contribution < -0.4 is 15.6 Å². The molecule has 0 saturated carbocycles. The standard InChI is InChI=1S/C23H20N8O7S/c1-15-10-22(38-13-20(32)28-24-11-16-2-6-18(7-3-16)30(34)35)27-23(26-15)39-14-21(33)29-25-12-17-4-8-19(9-5-17)31(36)37/h2-12H,13-14H2,1H3,(H,28,32)(H,29,33)/b24-11+,25-12+. The lowest BCUT2D eigenvalue weighted by atomic mass is 10.2. The van der Waals surface area contributed by atoms with Gasteiger partial charge in [0.2, 0.25) is 5.88 Å². The Morgan fingerprint density at radius 3 is 1.92 bits per heavy atom. The second-order valence-corrected chi connectivity index (χ2v) is 8.43. The summed E-state index contributed by atoms with van der Waals surface area (Å²) in [4.78, 5) is 52.8. The summed E-state index contributed by atoms with van der Waals surface area (Å²) >= 11 is 1.03. The Morgan fingerprint density at radius 1 is 0.897 bits per heavy atom. The first-order chi connectivity index (χ1) is 18.7. The van der Waals surface area contributed by atoms with Crippen molar-refractivity contribution < 1.29 is 24.2 Å². The molecule has 16 heteroatoms. The van der Waals surface area contributed by atoms with Gasteiger partial charge in [0, 0.05) is 36.0 Å². The Hall–Kier alpha value is -5.25. The Kier molecular flexibility index (Phi) is 10.1. The van der Waals surface area contributed by atoms with Gasteiger partial charge in [-0.25, -0.2) is 15.8 Å². The van der Waals surface area contributed by atoms with Crippen LogP contribution in [0.3, 0.4) is 0 Å². The van der Waals surface area contributed by atoms with Gasteiger partial charge < -0.3 is 4.74 Å². The van der Waals surface area contributed by atoms with Crippen molar-refractivity contribution in [2.45, 2.75) is 12.1 Å². The van der Waals surface area contributed by atoms with Crippen LogP contribution in [0.2, 0.25) is 0 Å². The fraction of sp³-hybridized carbons (Fsp3) is 0.130. The minimum absolute atomic E-state index is 0.0529. The van der Waals surface area contributed by atoms with Crippen molar-refractivity contribution in [3.63, 3.8) is 0 Å². The zero-order valence-electron chi connectivity index (χ0n) is 20.2. The van der Waals surface area contributed by atoms with E-state index in [-0.39, 0.29) is 28.2 Å². The number of aromatic nitrogens is 2. The number of nitrogens with zero attached hydrogens (tertiary/aromatic N) is 6. The van der Waals surface area contributed by atoms with E-state index >= 15 is 0 Å². The first-order valence-corrected chi connectivity index (χ1v) is 11.9. The Morgan fingerprint density at radius 2 is 1.41 bits per heavy atom. The largest absolute Gasteiger partial charge is 0.467 e. The van der Waals surface area contributed by atoms with Crippen LogP contribution in [0, 0.1) is 27.2 Å². The molecule has 0 bridgehead atoms. The molecular weight excluding hydrogens is 532 g/mol. The highest BCUT2D eigenvalue weighted by atomic mass is 32.2. The molecule has 0 aliphatic carbocycles. The van der Waals surface area contributed by atoms with Crippen molar-refractivity contribution in [3.8, 4) is 5.88 Å². The number of nitrogens with one attached hydrogen (secondary N) is 2. The van der Waals surface area contributed by atoms with Crippen LogP contribution in [0.4, 0.5) is 11.4 Å². The summed E-state index contributed by atoms with van der Waals surface area (Å²) in [7, 11) is 0. The molecule has 39 heavy (non-hydrogen) atoms. The molecule has 3 rings (SSSR count). The second kappa shape index (κ2) is 13.9. The smallest absolute Gasteiger partial charge is 0.278 e. The maximum Gasteiger partial charge on any atom is 0.278 e. The minimum atomic E-state index is -0.566. The average Bonchev–Trinajstić information content (AvgIpc) is 2.91. The molecule has 2 N–H and O–H groups in total. The SMILES string of the molecule is Cc1cc(OCC(=O)N/N=C/c2ccc([N+](=O)[O-])cc2)nc(SCC(=O)N/N=C/c2ccc([N+](=O)[O-])cc2)n1. The van der Waals surface area contributed by atoms with Crippen molar-refractivity contribution in [1.29, 1.82) is 0 Å². The Bertz CT molecular complexity index is 1310. The number of amides is 2. The molecule has 0 atom stereocenters. The molecule has 0 aliphatic heterocycles. The van der Waals surface area contributed by atoms with Gasteiger partial charge in [0.15, 0.2) is 11.8 Å². The molecule has 0 radical (unpaired) electrons. The van der Waals surface area contributed by atoms with E-state index in [1.165, 1.54) is 67.0 Å². The van der Waals surface area contributed by atoms with Crippen LogP contribution in [-0.4, -0.2) is 56.4 Å². The summed E-state index contributed by atoms with van der Waals surface area (Å²) in [6.45, 7) is 1.30. The van der Waals surface area contributed by atoms with Crippen molar-refractivity contribution in [2.24, 2.45) is 10.2 Å². The van der Waals surface area contributed by atoms with Crippen molar-refractivity contribution >= 4 is 47.4 Å². The van der Waals surface area contributed by atoms with Crippen LogP contribution >= 0.6 is 11.8 Å². The molecule has 0 aliphatic rings. The van der Waals surface area contributed by atoms with Gasteiger partial charge in [-0.3, -0.25) is 29.8 Å². The highest BCUT2D eigenvalue weighted by molar-refractivity contribution is 7.99. The number of carbonyl (C=O) groups excluding carboxylic acids is 2. The number of nitro benzene ring substituents is 2. The molecule has 3 aromatic rings. The summed E-state index contributed by atoms with van der Waals surface area (Å²) in [6.07, 6.45) is 2.68. The molecule has 0 fully saturated rings. The maximum atomic E-state index is 12.1. The number of carbonyl (C=O) groups is 2. The molecule has 1 heterocycles. The number of benzene rings is 2. The number of hydrazone groups is 2. The molecule has 0 spiro atoms. The number of thioether (sulfide) groups is 1. The van der Waals surface area contributed by atoms with Gasteiger partial charge in [-0.2, -0.15) is 15.2 Å². The van der Waals surface area contributed by atoms with Crippen molar-refractivity contribution in [2.75, 3.05) is 12.4 Å². The van der Waals surface area contributed by atoms with Crippen LogP contribution in [0.15, 0.2) is 70.0 Å². The van der Waals surface area contributed by atoms with E-state index in [4.69, 9.17) is 4.74 Å². The number of non-ortho nitro benzene ring substituents is 2. The van der Waals surface area contributed by atoms with E-state index in [0.717, 1.165) is 11.8 Å². The quantitative estimate of drug-likeness (QED) is 0.110. The van der Waals surface area contributed by atoms with Gasteiger partial charge in [0.25, 0.3) is 23.2 Å². The van der Waals surface area contributed by atoms with Gasteiger partial charge in [0.1, 0.15) is 0 Å². The Labute approximate surface area is 224 Å². The molecule has 0 unspecified atom stereocenters. The van der Waals surface area contributed by atoms with Crippen molar-refractivity contribution in [1.82, 2.24) is 20.8 Å². The normalized spacial score (nSPS) is 10.9. The van der Waals surface area contributed by atoms with Crippen molar-refractivity contribution in [3.05, 3.63) is 91.6 Å². The monoisotopic (exact) mass is 552 g/mol. The zero-order valence-corrected chi connectivity index (χ0v) is 21.0. The molecule has 1 aromatic heterocycles. The van der Waals surface area contributed by atoms with Crippen LogP contribution in [0.5, 0.6) is 5.88 Å². The van der Waals surface area contributed by atoms with E-state index in [1.807, 2.05) is 0 Å². The lowest BCUT2D eigenvalue weighted by molar-refractivity contribution is -0.385.